The van der Waals surface area contributed by atoms with Crippen LogP contribution >= 0.6 is 9.24 Å². The molecule has 0 saturated carbocycles. The van der Waals surface area contributed by atoms with Crippen LogP contribution in [-0.4, -0.2) is 29.0 Å². The first-order valence-electron chi connectivity index (χ1n) is 4.66. The number of rotatable bonds is 5. The van der Waals surface area contributed by atoms with Gasteiger partial charge in [0.2, 0.25) is 0 Å². The molecule has 1 atom stereocenters. The quantitative estimate of drug-likeness (QED) is 0.565. The lowest BCUT2D eigenvalue weighted by Crippen LogP contribution is -2.22. The number of hydrogen-bond acceptors (Lipinski definition) is 2. The lowest BCUT2D eigenvalue weighted by molar-refractivity contribution is 0.553. The van der Waals surface area contributed by atoms with Gasteiger partial charge in [0.1, 0.15) is 0 Å². The van der Waals surface area contributed by atoms with Crippen molar-refractivity contribution in [1.29, 1.82) is 0 Å². The van der Waals surface area contributed by atoms with Crippen LogP contribution in [0.15, 0.2) is 6.07 Å². The van der Waals surface area contributed by atoms with Crippen LogP contribution in [0.4, 0.5) is 0 Å². The fraction of sp³-hybridized carbons (Fsp3) is 0.667. The predicted molar refractivity (Wildman–Crippen MR) is 59.1 cm³/mol. The van der Waals surface area contributed by atoms with Crippen LogP contribution in [0.25, 0.3) is 0 Å². The van der Waals surface area contributed by atoms with E-state index in [1.54, 1.807) is 0 Å². The maximum atomic E-state index is 4.38. The molecule has 1 unspecified atom stereocenters. The predicted octanol–water partition coefficient (Wildman–Crippen LogP) is 0.965. The molecule has 0 aliphatic heterocycles. The van der Waals surface area contributed by atoms with E-state index in [2.05, 4.69) is 32.6 Å². The third-order valence-electron chi connectivity index (χ3n) is 1.92. The summed E-state index contributed by atoms with van der Waals surface area (Å²) in [6, 6.07) is 2.11. The van der Waals surface area contributed by atoms with E-state index in [0.29, 0.717) is 0 Å². The smallest absolute Gasteiger partial charge is 0.0596 e. The highest BCUT2D eigenvalue weighted by Gasteiger charge is 1.98. The number of aromatic nitrogens is 2. The van der Waals surface area contributed by atoms with Gasteiger partial charge in [-0.05, 0) is 32.6 Å². The molecule has 0 radical (unpaired) electrons. The second-order valence-electron chi connectivity index (χ2n) is 3.19. The summed E-state index contributed by atoms with van der Waals surface area (Å²) in [6.45, 7) is 7.14. The zero-order valence-corrected chi connectivity index (χ0v) is 9.53. The molecule has 0 aliphatic rings. The molecule has 1 N–H and O–H groups in total. The summed E-state index contributed by atoms with van der Waals surface area (Å²) < 4.78 is 2.05. The molecule has 1 rings (SSSR count). The summed E-state index contributed by atoms with van der Waals surface area (Å²) in [6.07, 6.45) is 1.11. The molecule has 0 amide bonds. The van der Waals surface area contributed by atoms with Gasteiger partial charge in [-0.15, -0.1) is 9.24 Å². The average molecular weight is 199 g/mol. The Morgan fingerprint density at radius 3 is 2.77 bits per heavy atom. The molecular formula is C9H18N3P. The minimum absolute atomic E-state index is 0.963. The minimum Gasteiger partial charge on any atom is -0.315 e. The second-order valence-corrected chi connectivity index (χ2v) is 3.77. The van der Waals surface area contributed by atoms with Crippen molar-refractivity contribution in [3.05, 3.63) is 17.5 Å². The minimum atomic E-state index is 0.963. The van der Waals surface area contributed by atoms with E-state index in [1.807, 2.05) is 11.6 Å². The fourth-order valence-corrected chi connectivity index (χ4v) is 1.52. The van der Waals surface area contributed by atoms with Crippen molar-refractivity contribution in [2.45, 2.75) is 20.4 Å². The zero-order chi connectivity index (χ0) is 9.68. The van der Waals surface area contributed by atoms with Crippen LogP contribution < -0.4 is 5.32 Å². The van der Waals surface area contributed by atoms with E-state index in [1.165, 1.54) is 5.69 Å². The molecule has 1 aromatic heterocycles. The molecule has 0 aliphatic carbocycles. The molecule has 74 valence electrons. The highest BCUT2D eigenvalue weighted by atomic mass is 31.0. The van der Waals surface area contributed by atoms with Gasteiger partial charge >= 0.3 is 0 Å². The molecule has 1 aromatic rings. The lowest BCUT2D eigenvalue weighted by Gasteiger charge is -2.04. The maximum absolute atomic E-state index is 4.38. The second kappa shape index (κ2) is 5.36. The molecule has 1 heterocycles. The van der Waals surface area contributed by atoms with Crippen LogP contribution in [0.3, 0.4) is 0 Å². The molecular weight excluding hydrogens is 181 g/mol. The van der Waals surface area contributed by atoms with Crippen molar-refractivity contribution in [3.63, 3.8) is 0 Å². The molecule has 0 spiro atoms. The third kappa shape index (κ3) is 3.45. The molecule has 0 bridgehead atoms. The Morgan fingerprint density at radius 2 is 2.23 bits per heavy atom. The summed E-state index contributed by atoms with van der Waals surface area (Å²) in [7, 11) is 2.71. The van der Waals surface area contributed by atoms with Gasteiger partial charge in [-0.1, -0.05) is 0 Å². The maximum Gasteiger partial charge on any atom is 0.0596 e. The average Bonchev–Trinajstić information content (AvgIpc) is 2.39. The Kier molecular flexibility index (Phi) is 4.40. The van der Waals surface area contributed by atoms with Crippen molar-refractivity contribution in [3.8, 4) is 0 Å². The molecule has 0 fully saturated rings. The summed E-state index contributed by atoms with van der Waals surface area (Å²) in [5.41, 5.74) is 2.34. The van der Waals surface area contributed by atoms with Crippen molar-refractivity contribution in [2.75, 3.05) is 19.3 Å². The van der Waals surface area contributed by atoms with Gasteiger partial charge < -0.3 is 5.32 Å². The van der Waals surface area contributed by atoms with E-state index in [9.17, 15) is 0 Å². The van der Waals surface area contributed by atoms with Crippen LogP contribution in [0.1, 0.15) is 11.4 Å². The number of nitrogens with one attached hydrogen (secondary N) is 1. The Bertz CT molecular complexity index is 257. The number of nitrogens with zero attached hydrogens (tertiary/aromatic N) is 2. The van der Waals surface area contributed by atoms with Crippen LogP contribution in [0.2, 0.25) is 0 Å². The largest absolute Gasteiger partial charge is 0.315 e. The third-order valence-corrected chi connectivity index (χ3v) is 2.21. The van der Waals surface area contributed by atoms with E-state index in [0.717, 1.165) is 31.5 Å². The van der Waals surface area contributed by atoms with Crippen molar-refractivity contribution >= 4 is 9.24 Å². The monoisotopic (exact) mass is 199 g/mol. The Labute approximate surface area is 82.1 Å². The van der Waals surface area contributed by atoms with Gasteiger partial charge in [0, 0.05) is 12.2 Å². The molecule has 0 aromatic carbocycles. The van der Waals surface area contributed by atoms with Gasteiger partial charge in [0.05, 0.1) is 12.2 Å². The van der Waals surface area contributed by atoms with Gasteiger partial charge in [-0.25, -0.2) is 0 Å². The van der Waals surface area contributed by atoms with E-state index >= 15 is 0 Å². The van der Waals surface area contributed by atoms with Crippen LogP contribution in [0, 0.1) is 13.8 Å². The lowest BCUT2D eigenvalue weighted by atomic mass is 10.4. The van der Waals surface area contributed by atoms with E-state index in [4.69, 9.17) is 0 Å². The normalized spacial score (nSPS) is 10.7. The van der Waals surface area contributed by atoms with Crippen molar-refractivity contribution in [1.82, 2.24) is 15.1 Å². The van der Waals surface area contributed by atoms with Crippen molar-refractivity contribution < 1.29 is 0 Å². The highest BCUT2D eigenvalue weighted by molar-refractivity contribution is 7.16. The van der Waals surface area contributed by atoms with Crippen LogP contribution in [0.5, 0.6) is 0 Å². The zero-order valence-electron chi connectivity index (χ0n) is 8.38. The molecule has 4 heteroatoms. The van der Waals surface area contributed by atoms with Gasteiger partial charge in [0.15, 0.2) is 0 Å². The highest BCUT2D eigenvalue weighted by Crippen LogP contribution is 2.00. The summed E-state index contributed by atoms with van der Waals surface area (Å²) >= 11 is 0. The van der Waals surface area contributed by atoms with Gasteiger partial charge in [0.25, 0.3) is 0 Å². The SMILES string of the molecule is Cc1cc(C)n(CCNCCP)n1. The Morgan fingerprint density at radius 1 is 1.46 bits per heavy atom. The molecule has 0 saturated heterocycles. The first-order chi connectivity index (χ1) is 6.24. The van der Waals surface area contributed by atoms with E-state index in [-0.39, 0.29) is 0 Å². The van der Waals surface area contributed by atoms with E-state index < -0.39 is 0 Å². The first-order valence-corrected chi connectivity index (χ1v) is 5.47. The molecule has 3 nitrogen and oxygen atoms in total. The summed E-state index contributed by atoms with van der Waals surface area (Å²) in [5.74, 6) is 0. The first kappa shape index (κ1) is 10.7. The summed E-state index contributed by atoms with van der Waals surface area (Å²) in [4.78, 5) is 0. The van der Waals surface area contributed by atoms with Crippen LogP contribution in [-0.2, 0) is 6.54 Å². The Hall–Kier alpha value is -0.400. The standard InChI is InChI=1S/C9H18N3P/c1-8-7-9(2)12(11-8)5-3-10-4-6-13/h7,10H,3-6,13H2,1-2H3. The van der Waals surface area contributed by atoms with Gasteiger partial charge in [-0.2, -0.15) is 5.10 Å². The topological polar surface area (TPSA) is 29.9 Å². The number of hydrogen-bond donors (Lipinski definition) is 1. The van der Waals surface area contributed by atoms with Crippen molar-refractivity contribution in [2.24, 2.45) is 0 Å². The summed E-state index contributed by atoms with van der Waals surface area (Å²) in [5, 5.41) is 7.72. The Balaban J connectivity index is 2.32. The molecule has 13 heavy (non-hydrogen) atoms. The number of aryl methyl sites for hydroxylation is 2. The fourth-order valence-electron chi connectivity index (χ4n) is 1.31. The van der Waals surface area contributed by atoms with Gasteiger partial charge in [-0.3, -0.25) is 4.68 Å².